The summed E-state index contributed by atoms with van der Waals surface area (Å²) in [6.07, 6.45) is 60.5. The molecule has 59 heavy (non-hydrogen) atoms. The van der Waals surface area contributed by atoms with Gasteiger partial charge in [-0.3, -0.25) is 9.59 Å². The third-order valence-corrected chi connectivity index (χ3v) is 13.7. The second kappa shape index (κ2) is 46.4. The quantitative estimate of drug-likeness (QED) is 0.0377. The minimum absolute atomic E-state index is 0.0307. The predicted octanol–water partition coefficient (Wildman–Crippen LogP) is 19.8. The van der Waals surface area contributed by atoms with Crippen LogP contribution in [0, 0.1) is 11.3 Å². The van der Waals surface area contributed by atoms with Gasteiger partial charge in [0.05, 0.1) is 0 Å². The maximum atomic E-state index is 14.5. The molecule has 0 spiro atoms. The van der Waals surface area contributed by atoms with Crippen LogP contribution in [0.3, 0.4) is 0 Å². The van der Waals surface area contributed by atoms with Crippen LogP contribution in [0.2, 0.25) is 0 Å². The minimum Gasteiger partial charge on any atom is -0.480 e. The average molecular weight is 829 g/mol. The lowest BCUT2D eigenvalue weighted by atomic mass is 9.64. The van der Waals surface area contributed by atoms with Gasteiger partial charge in [-0.1, -0.05) is 277 Å². The SMILES string of the molecule is CCCCCCCC/C=C\CCCCCC(CCCCCCCC)C(CCCCCCCCCCCC)(C(=O)O)C(=O)CCCCCCCCCCCCCCCCC. The van der Waals surface area contributed by atoms with E-state index in [0.29, 0.717) is 12.8 Å². The summed E-state index contributed by atoms with van der Waals surface area (Å²) in [6, 6.07) is 0. The molecule has 0 amide bonds. The molecule has 0 aromatic rings. The van der Waals surface area contributed by atoms with Gasteiger partial charge < -0.3 is 5.11 Å². The lowest BCUT2D eigenvalue weighted by Crippen LogP contribution is -2.46. The normalized spacial score (nSPS) is 13.4. The van der Waals surface area contributed by atoms with Gasteiger partial charge in [0.25, 0.3) is 0 Å². The fourth-order valence-corrected chi connectivity index (χ4v) is 9.66. The molecule has 0 fully saturated rings. The number of allylic oxidation sites excluding steroid dienone is 2. The van der Waals surface area contributed by atoms with E-state index in [4.69, 9.17) is 0 Å². The van der Waals surface area contributed by atoms with Gasteiger partial charge in [-0.05, 0) is 57.3 Å². The number of aliphatic carboxylic acids is 1. The van der Waals surface area contributed by atoms with Crippen LogP contribution >= 0.6 is 0 Å². The van der Waals surface area contributed by atoms with E-state index in [1.165, 1.54) is 218 Å². The average Bonchev–Trinajstić information content (AvgIpc) is 3.23. The zero-order chi connectivity index (χ0) is 43.2. The Kier molecular flexibility index (Phi) is 45.5. The Morgan fingerprint density at radius 3 is 0.983 bits per heavy atom. The molecule has 0 aliphatic rings. The van der Waals surface area contributed by atoms with Crippen molar-refractivity contribution in [2.24, 2.45) is 11.3 Å². The van der Waals surface area contributed by atoms with Gasteiger partial charge in [0.15, 0.2) is 0 Å². The summed E-state index contributed by atoms with van der Waals surface area (Å²) < 4.78 is 0. The molecule has 2 atom stereocenters. The number of carboxylic acids is 1. The van der Waals surface area contributed by atoms with Crippen LogP contribution in [0.25, 0.3) is 0 Å². The smallest absolute Gasteiger partial charge is 0.317 e. The standard InChI is InChI=1S/C56H108O3/c1-5-9-13-17-21-24-27-29-30-32-34-36-39-43-47-51-54(57)56(55(58)59,52-48-44-40-37-26-23-19-15-11-7-3)53(49-45-41-20-16-12-8-4)50-46-42-38-35-33-31-28-25-22-18-14-10-6-2/h31,33,53H,5-30,32,34-52H2,1-4H3,(H,58,59)/b33-31-. The third-order valence-electron chi connectivity index (χ3n) is 13.7. The Morgan fingerprint density at radius 2 is 0.644 bits per heavy atom. The number of rotatable bonds is 50. The molecule has 0 radical (unpaired) electrons. The topological polar surface area (TPSA) is 54.4 Å². The number of hydrogen-bond donors (Lipinski definition) is 1. The van der Waals surface area contributed by atoms with Crippen LogP contribution in [0.15, 0.2) is 12.2 Å². The lowest BCUT2D eigenvalue weighted by molar-refractivity contribution is -0.161. The lowest BCUT2D eigenvalue weighted by Gasteiger charge is -2.37. The molecule has 0 bridgehead atoms. The van der Waals surface area contributed by atoms with Crippen LogP contribution in [-0.4, -0.2) is 16.9 Å². The van der Waals surface area contributed by atoms with Gasteiger partial charge in [-0.25, -0.2) is 0 Å². The number of carbonyl (C=O) groups excluding carboxylic acids is 1. The van der Waals surface area contributed by atoms with Gasteiger partial charge in [0, 0.05) is 6.42 Å². The highest BCUT2D eigenvalue weighted by atomic mass is 16.4. The molecule has 0 saturated carbocycles. The third kappa shape index (κ3) is 35.1. The first-order chi connectivity index (χ1) is 29.0. The maximum Gasteiger partial charge on any atom is 0.317 e. The summed E-state index contributed by atoms with van der Waals surface area (Å²) in [5.41, 5.74) is -1.20. The molecule has 350 valence electrons. The largest absolute Gasteiger partial charge is 0.480 e. The Morgan fingerprint density at radius 1 is 0.373 bits per heavy atom. The van der Waals surface area contributed by atoms with E-state index in [1.54, 1.807) is 0 Å². The van der Waals surface area contributed by atoms with Crippen LogP contribution in [-0.2, 0) is 9.59 Å². The molecule has 3 nitrogen and oxygen atoms in total. The van der Waals surface area contributed by atoms with Crippen molar-refractivity contribution in [3.8, 4) is 0 Å². The van der Waals surface area contributed by atoms with E-state index in [-0.39, 0.29) is 11.7 Å². The van der Waals surface area contributed by atoms with Gasteiger partial charge in [0.1, 0.15) is 11.2 Å². The highest BCUT2D eigenvalue weighted by Crippen LogP contribution is 2.43. The van der Waals surface area contributed by atoms with Crippen molar-refractivity contribution in [1.29, 1.82) is 0 Å². The van der Waals surface area contributed by atoms with Crippen LogP contribution < -0.4 is 0 Å². The molecular weight excluding hydrogens is 721 g/mol. The van der Waals surface area contributed by atoms with E-state index in [2.05, 4.69) is 39.8 Å². The molecule has 0 aliphatic heterocycles. The first-order valence-corrected chi connectivity index (χ1v) is 27.4. The number of hydrogen-bond acceptors (Lipinski definition) is 2. The summed E-state index contributed by atoms with van der Waals surface area (Å²) in [6.45, 7) is 9.11. The zero-order valence-corrected chi connectivity index (χ0v) is 41.0. The zero-order valence-electron chi connectivity index (χ0n) is 41.0. The molecule has 0 saturated heterocycles. The highest BCUT2D eigenvalue weighted by molar-refractivity contribution is 6.03. The second-order valence-electron chi connectivity index (χ2n) is 19.3. The van der Waals surface area contributed by atoms with Gasteiger partial charge >= 0.3 is 5.97 Å². The molecular formula is C56H108O3. The van der Waals surface area contributed by atoms with Crippen molar-refractivity contribution in [2.45, 2.75) is 323 Å². The van der Waals surface area contributed by atoms with E-state index >= 15 is 0 Å². The highest BCUT2D eigenvalue weighted by Gasteiger charge is 2.50. The van der Waals surface area contributed by atoms with Crippen molar-refractivity contribution in [3.05, 3.63) is 12.2 Å². The molecule has 1 N–H and O–H groups in total. The van der Waals surface area contributed by atoms with Gasteiger partial charge in [0.2, 0.25) is 0 Å². The Labute approximate surface area is 371 Å². The summed E-state index contributed by atoms with van der Waals surface area (Å²) in [7, 11) is 0. The molecule has 2 unspecified atom stereocenters. The molecule has 3 heteroatoms. The Balaban J connectivity index is 5.29. The Hall–Kier alpha value is -1.12. The van der Waals surface area contributed by atoms with Crippen molar-refractivity contribution in [2.75, 3.05) is 0 Å². The number of ketones is 1. The van der Waals surface area contributed by atoms with Crippen LogP contribution in [0.5, 0.6) is 0 Å². The predicted molar refractivity (Wildman–Crippen MR) is 263 cm³/mol. The van der Waals surface area contributed by atoms with Gasteiger partial charge in [-0.15, -0.1) is 0 Å². The molecule has 0 heterocycles. The van der Waals surface area contributed by atoms with Crippen molar-refractivity contribution < 1.29 is 14.7 Å². The van der Waals surface area contributed by atoms with Crippen LogP contribution in [0.4, 0.5) is 0 Å². The molecule has 0 aromatic heterocycles. The number of carboxylic acid groups (broad SMARTS) is 1. The summed E-state index contributed by atoms with van der Waals surface area (Å²) in [5, 5.41) is 11.2. The molecule has 0 rings (SSSR count). The maximum absolute atomic E-state index is 14.5. The molecule has 0 aliphatic carbocycles. The van der Waals surface area contributed by atoms with Crippen LogP contribution in [0.1, 0.15) is 323 Å². The van der Waals surface area contributed by atoms with E-state index in [9.17, 15) is 14.7 Å². The first kappa shape index (κ1) is 57.9. The fourth-order valence-electron chi connectivity index (χ4n) is 9.66. The van der Waals surface area contributed by atoms with E-state index < -0.39 is 11.4 Å². The number of Topliss-reactive ketones (excluding diaryl/α,β-unsaturated/α-hetero) is 1. The summed E-state index contributed by atoms with van der Waals surface area (Å²) >= 11 is 0. The second-order valence-corrected chi connectivity index (χ2v) is 19.3. The van der Waals surface area contributed by atoms with Crippen molar-refractivity contribution in [1.82, 2.24) is 0 Å². The van der Waals surface area contributed by atoms with E-state index in [1.807, 2.05) is 0 Å². The van der Waals surface area contributed by atoms with Crippen molar-refractivity contribution >= 4 is 11.8 Å². The first-order valence-electron chi connectivity index (χ1n) is 27.4. The minimum atomic E-state index is -1.20. The fraction of sp³-hybridized carbons (Fsp3) is 0.929. The Bertz CT molecular complexity index is 894. The van der Waals surface area contributed by atoms with E-state index in [0.717, 1.165) is 64.2 Å². The molecule has 0 aromatic carbocycles. The van der Waals surface area contributed by atoms with Gasteiger partial charge in [-0.2, -0.15) is 0 Å². The number of carbonyl (C=O) groups is 2. The summed E-state index contributed by atoms with van der Waals surface area (Å²) in [4.78, 5) is 28.1. The monoisotopic (exact) mass is 829 g/mol. The number of unbranched alkanes of at least 4 members (excludes halogenated alkanes) is 37. The van der Waals surface area contributed by atoms with Crippen molar-refractivity contribution in [3.63, 3.8) is 0 Å². The summed E-state index contributed by atoms with van der Waals surface area (Å²) in [5.74, 6) is -0.756.